The molecule has 3 aromatic rings. The van der Waals surface area contributed by atoms with Crippen molar-refractivity contribution < 1.29 is 9.21 Å². The summed E-state index contributed by atoms with van der Waals surface area (Å²) in [4.78, 5) is 44.4. The molecule has 0 unspecified atom stereocenters. The molecule has 0 bridgehead atoms. The van der Waals surface area contributed by atoms with Crippen LogP contribution in [0.1, 0.15) is 41.4 Å². The van der Waals surface area contributed by atoms with Gasteiger partial charge in [0.1, 0.15) is 5.82 Å². The van der Waals surface area contributed by atoms with E-state index in [1.165, 1.54) is 28.0 Å². The molecule has 0 atom stereocenters. The van der Waals surface area contributed by atoms with Crippen molar-refractivity contribution in [3.05, 3.63) is 80.4 Å². The molecule has 9 heteroatoms. The number of aryl methyl sites for hydroxylation is 2. The smallest absolute Gasteiger partial charge is 0.329 e. The lowest BCUT2D eigenvalue weighted by atomic mass is 10.1. The van der Waals surface area contributed by atoms with Crippen LogP contribution in [0.4, 0.5) is 11.5 Å². The van der Waals surface area contributed by atoms with E-state index in [0.29, 0.717) is 31.2 Å². The second kappa shape index (κ2) is 11.2. The number of hydrogen-bond acceptors (Lipinski definition) is 6. The Bertz CT molecular complexity index is 1220. The van der Waals surface area contributed by atoms with Gasteiger partial charge in [0.05, 0.1) is 6.26 Å². The monoisotopic (exact) mass is 479 g/mol. The number of aromatic amines is 1. The molecule has 9 nitrogen and oxygen atoms in total. The molecule has 2 aromatic heterocycles. The van der Waals surface area contributed by atoms with Crippen molar-refractivity contribution in [1.29, 1.82) is 0 Å². The van der Waals surface area contributed by atoms with Crippen LogP contribution in [0.25, 0.3) is 0 Å². The van der Waals surface area contributed by atoms with E-state index in [-0.39, 0.29) is 11.5 Å². The van der Waals surface area contributed by atoms with E-state index in [4.69, 9.17) is 4.42 Å². The van der Waals surface area contributed by atoms with E-state index in [1.807, 2.05) is 23.1 Å². The van der Waals surface area contributed by atoms with Crippen LogP contribution < -0.4 is 16.6 Å². The van der Waals surface area contributed by atoms with Crippen LogP contribution in [0.15, 0.2) is 56.7 Å². The topological polar surface area (TPSA) is 104 Å². The Hall–Kier alpha value is -3.59. The zero-order valence-electron chi connectivity index (χ0n) is 20.4. The van der Waals surface area contributed by atoms with Gasteiger partial charge in [0.15, 0.2) is 5.76 Å². The quantitative estimate of drug-likeness (QED) is 0.458. The van der Waals surface area contributed by atoms with Crippen LogP contribution >= 0.6 is 0 Å². The van der Waals surface area contributed by atoms with Crippen molar-refractivity contribution in [2.45, 2.75) is 39.7 Å². The first kappa shape index (κ1) is 24.5. The highest BCUT2D eigenvalue weighted by molar-refractivity contribution is 5.91. The molecule has 0 spiro atoms. The third-order valence-corrected chi connectivity index (χ3v) is 6.53. The minimum atomic E-state index is -0.409. The summed E-state index contributed by atoms with van der Waals surface area (Å²) >= 11 is 0. The number of aromatic nitrogens is 2. The fourth-order valence-electron chi connectivity index (χ4n) is 4.42. The number of furan rings is 1. The highest BCUT2D eigenvalue weighted by atomic mass is 16.3. The van der Waals surface area contributed by atoms with Gasteiger partial charge in [0.2, 0.25) is 0 Å². The highest BCUT2D eigenvalue weighted by Crippen LogP contribution is 2.18. The van der Waals surface area contributed by atoms with Gasteiger partial charge in [-0.3, -0.25) is 24.0 Å². The lowest BCUT2D eigenvalue weighted by molar-refractivity contribution is 0.0604. The molecule has 1 saturated heterocycles. The maximum atomic E-state index is 12.6. The molecule has 35 heavy (non-hydrogen) atoms. The van der Waals surface area contributed by atoms with Crippen LogP contribution in [-0.4, -0.2) is 58.0 Å². The Morgan fingerprint density at radius 3 is 2.51 bits per heavy atom. The van der Waals surface area contributed by atoms with Gasteiger partial charge in [-0.1, -0.05) is 13.0 Å². The first-order valence-electron chi connectivity index (χ1n) is 12.2. The van der Waals surface area contributed by atoms with Gasteiger partial charge in [-0.2, -0.15) is 0 Å². The third kappa shape index (κ3) is 6.10. The van der Waals surface area contributed by atoms with Gasteiger partial charge in [-0.25, -0.2) is 4.79 Å². The SMILES string of the molecule is CCc1cc(Nc2cc(=O)n(CCCCN3CCN(C(=O)c4ccco4)CC3)c(=O)[nH]2)ccc1C. The molecule has 186 valence electrons. The number of amides is 1. The van der Waals surface area contributed by atoms with Gasteiger partial charge < -0.3 is 14.6 Å². The second-order valence-electron chi connectivity index (χ2n) is 8.92. The van der Waals surface area contributed by atoms with Crippen molar-refractivity contribution >= 4 is 17.4 Å². The summed E-state index contributed by atoms with van der Waals surface area (Å²) < 4.78 is 6.45. The molecule has 1 aliphatic heterocycles. The zero-order valence-corrected chi connectivity index (χ0v) is 20.4. The molecule has 1 fully saturated rings. The predicted molar refractivity (Wildman–Crippen MR) is 135 cm³/mol. The zero-order chi connectivity index (χ0) is 24.8. The van der Waals surface area contributed by atoms with E-state index in [1.54, 1.807) is 12.1 Å². The van der Waals surface area contributed by atoms with Crippen molar-refractivity contribution in [2.75, 3.05) is 38.0 Å². The van der Waals surface area contributed by atoms with Gasteiger partial charge in [0.25, 0.3) is 11.5 Å². The van der Waals surface area contributed by atoms with Gasteiger partial charge in [0, 0.05) is 44.5 Å². The normalized spacial score (nSPS) is 14.3. The van der Waals surface area contributed by atoms with E-state index in [9.17, 15) is 14.4 Å². The van der Waals surface area contributed by atoms with Gasteiger partial charge in [-0.05, 0) is 68.1 Å². The first-order chi connectivity index (χ1) is 16.9. The van der Waals surface area contributed by atoms with Crippen molar-refractivity contribution in [3.63, 3.8) is 0 Å². The summed E-state index contributed by atoms with van der Waals surface area (Å²) in [7, 11) is 0. The Morgan fingerprint density at radius 2 is 1.83 bits per heavy atom. The number of benzene rings is 1. The molecule has 2 N–H and O–H groups in total. The summed E-state index contributed by atoms with van der Waals surface area (Å²) in [5.41, 5.74) is 2.55. The molecular formula is C26H33N5O4. The highest BCUT2D eigenvalue weighted by Gasteiger charge is 2.23. The maximum absolute atomic E-state index is 12.6. The number of anilines is 2. The number of hydrogen-bond donors (Lipinski definition) is 2. The largest absolute Gasteiger partial charge is 0.459 e. The number of unbranched alkanes of at least 4 members (excludes halogenated alkanes) is 1. The minimum Gasteiger partial charge on any atom is -0.459 e. The molecule has 4 rings (SSSR count). The predicted octanol–water partition coefficient (Wildman–Crippen LogP) is 2.98. The lowest BCUT2D eigenvalue weighted by Gasteiger charge is -2.34. The molecule has 1 aliphatic rings. The lowest BCUT2D eigenvalue weighted by Crippen LogP contribution is -2.48. The van der Waals surface area contributed by atoms with Gasteiger partial charge >= 0.3 is 5.69 Å². The Kier molecular flexibility index (Phi) is 7.87. The standard InChI is InChI=1S/C26H33N5O4/c1-3-20-17-21(9-8-19(20)2)27-23-18-24(32)31(26(34)28-23)11-5-4-10-29-12-14-30(15-13-29)25(33)22-7-6-16-35-22/h6-9,16-18,27H,3-5,10-15H2,1-2H3,(H,28,34). The molecule has 1 amide bonds. The average molecular weight is 480 g/mol. The second-order valence-corrected chi connectivity index (χ2v) is 8.92. The molecule has 0 aliphatic carbocycles. The maximum Gasteiger partial charge on any atom is 0.329 e. The number of rotatable bonds is 9. The van der Waals surface area contributed by atoms with Crippen LogP contribution in [0.3, 0.4) is 0 Å². The Balaban J connectivity index is 1.24. The molecule has 3 heterocycles. The van der Waals surface area contributed by atoms with Crippen LogP contribution in [0.5, 0.6) is 0 Å². The number of H-pyrrole nitrogens is 1. The van der Waals surface area contributed by atoms with Crippen molar-refractivity contribution in [2.24, 2.45) is 0 Å². The fraction of sp³-hybridized carbons (Fsp3) is 0.423. The van der Waals surface area contributed by atoms with Crippen LogP contribution in [0.2, 0.25) is 0 Å². The fourth-order valence-corrected chi connectivity index (χ4v) is 4.42. The van der Waals surface area contributed by atoms with Crippen LogP contribution in [0, 0.1) is 6.92 Å². The Morgan fingerprint density at radius 1 is 1.06 bits per heavy atom. The van der Waals surface area contributed by atoms with E-state index >= 15 is 0 Å². The van der Waals surface area contributed by atoms with Crippen molar-refractivity contribution in [3.8, 4) is 0 Å². The van der Waals surface area contributed by atoms with Crippen molar-refractivity contribution in [1.82, 2.24) is 19.4 Å². The van der Waals surface area contributed by atoms with E-state index in [2.05, 4.69) is 29.0 Å². The number of carbonyl (C=O) groups excluding carboxylic acids is 1. The number of carbonyl (C=O) groups is 1. The van der Waals surface area contributed by atoms with Crippen LogP contribution in [-0.2, 0) is 13.0 Å². The van der Waals surface area contributed by atoms with E-state index in [0.717, 1.165) is 44.6 Å². The number of nitrogens with zero attached hydrogens (tertiary/aromatic N) is 3. The molecule has 0 radical (unpaired) electrons. The summed E-state index contributed by atoms with van der Waals surface area (Å²) in [6.45, 7) is 8.31. The Labute approximate surface area is 204 Å². The summed E-state index contributed by atoms with van der Waals surface area (Å²) in [5, 5.41) is 3.14. The van der Waals surface area contributed by atoms with Gasteiger partial charge in [-0.15, -0.1) is 0 Å². The molecular weight excluding hydrogens is 446 g/mol. The summed E-state index contributed by atoms with van der Waals surface area (Å²) in [5.74, 6) is 0.698. The number of nitrogens with one attached hydrogen (secondary N) is 2. The number of piperazine rings is 1. The minimum absolute atomic E-state index is 0.0700. The summed E-state index contributed by atoms with van der Waals surface area (Å²) in [6, 6.07) is 10.8. The molecule has 0 saturated carbocycles. The van der Waals surface area contributed by atoms with E-state index < -0.39 is 5.69 Å². The first-order valence-corrected chi connectivity index (χ1v) is 12.2. The summed E-state index contributed by atoms with van der Waals surface area (Å²) in [6.07, 6.45) is 4.01. The third-order valence-electron chi connectivity index (χ3n) is 6.53. The molecule has 1 aromatic carbocycles. The average Bonchev–Trinajstić information content (AvgIpc) is 3.39.